The number of carbonyl (C=O) groups is 1. The fraction of sp³-hybridized carbons (Fsp3) is 0.533. The maximum Gasteiger partial charge on any atom is 0.283 e. The molecule has 1 fully saturated rings. The van der Waals surface area contributed by atoms with Gasteiger partial charge in [-0.15, -0.1) is 0 Å². The topological polar surface area (TPSA) is 69.7 Å². The van der Waals surface area contributed by atoms with Gasteiger partial charge in [-0.3, -0.25) is 4.79 Å². The molecule has 1 aromatic rings. The number of hydrogen-bond acceptors (Lipinski definition) is 3. The summed E-state index contributed by atoms with van der Waals surface area (Å²) in [7, 11) is -3.63. The van der Waals surface area contributed by atoms with Gasteiger partial charge in [-0.05, 0) is 31.4 Å². The zero-order valence-electron chi connectivity index (χ0n) is 12.7. The minimum atomic E-state index is -3.63. The monoisotopic (exact) mass is 323 g/mol. The number of carbonyl (C=O) groups excluding carboxylic acids is 1. The Bertz CT molecular complexity index is 668. The van der Waals surface area contributed by atoms with E-state index in [-0.39, 0.29) is 12.5 Å². The van der Waals surface area contributed by atoms with E-state index in [1.54, 1.807) is 13.0 Å². The van der Waals surface area contributed by atoms with Crippen LogP contribution in [0.3, 0.4) is 0 Å². The minimum absolute atomic E-state index is 0.217. The lowest BCUT2D eigenvalue weighted by atomic mass is 10.2. The molecule has 22 heavy (non-hydrogen) atoms. The second kappa shape index (κ2) is 5.98. The van der Waals surface area contributed by atoms with Crippen molar-refractivity contribution in [2.45, 2.75) is 38.8 Å². The van der Waals surface area contributed by atoms with Crippen LogP contribution in [0.2, 0.25) is 0 Å². The van der Waals surface area contributed by atoms with Crippen LogP contribution >= 0.6 is 0 Å². The highest BCUT2D eigenvalue weighted by Gasteiger charge is 2.38. The van der Waals surface area contributed by atoms with E-state index >= 15 is 0 Å². The molecule has 3 rings (SSSR count). The zero-order valence-corrected chi connectivity index (χ0v) is 13.5. The van der Waals surface area contributed by atoms with Crippen LogP contribution in [0.5, 0.6) is 0 Å². The number of piperidine rings is 1. The Labute approximate surface area is 131 Å². The summed E-state index contributed by atoms with van der Waals surface area (Å²) in [5.41, 5.74) is 1.51. The lowest BCUT2D eigenvalue weighted by Crippen LogP contribution is -2.51. The van der Waals surface area contributed by atoms with Crippen molar-refractivity contribution in [1.29, 1.82) is 0 Å². The molecule has 1 unspecified atom stereocenters. The molecule has 0 aliphatic carbocycles. The van der Waals surface area contributed by atoms with Gasteiger partial charge in [0.2, 0.25) is 5.91 Å². The summed E-state index contributed by atoms with van der Waals surface area (Å²) >= 11 is 0. The molecule has 1 saturated heterocycles. The molecule has 0 spiro atoms. The van der Waals surface area contributed by atoms with E-state index in [1.165, 1.54) is 8.61 Å². The van der Waals surface area contributed by atoms with Crippen molar-refractivity contribution >= 4 is 21.8 Å². The Hall–Kier alpha value is -1.44. The largest absolute Gasteiger partial charge is 0.324 e. The highest BCUT2D eigenvalue weighted by atomic mass is 32.2. The van der Waals surface area contributed by atoms with Crippen LogP contribution in [-0.2, 0) is 21.5 Å². The second-order valence-electron chi connectivity index (χ2n) is 5.84. The summed E-state index contributed by atoms with van der Waals surface area (Å²) < 4.78 is 28.7. The molecule has 7 heteroatoms. The Balaban J connectivity index is 1.96. The summed E-state index contributed by atoms with van der Waals surface area (Å²) in [6.45, 7) is 2.93. The Kier molecular flexibility index (Phi) is 4.20. The van der Waals surface area contributed by atoms with Crippen molar-refractivity contribution in [2.24, 2.45) is 0 Å². The first-order valence-corrected chi connectivity index (χ1v) is 9.05. The molecule has 2 aliphatic heterocycles. The van der Waals surface area contributed by atoms with Gasteiger partial charge in [0.15, 0.2) is 0 Å². The van der Waals surface area contributed by atoms with E-state index in [1.807, 2.05) is 18.2 Å². The van der Waals surface area contributed by atoms with Crippen molar-refractivity contribution < 1.29 is 13.2 Å². The van der Waals surface area contributed by atoms with Gasteiger partial charge in [-0.1, -0.05) is 24.6 Å². The van der Waals surface area contributed by atoms with Gasteiger partial charge < -0.3 is 5.32 Å². The first-order chi connectivity index (χ1) is 10.5. The van der Waals surface area contributed by atoms with Crippen LogP contribution in [0.1, 0.15) is 31.7 Å². The lowest BCUT2D eigenvalue weighted by Gasteiger charge is -2.33. The van der Waals surface area contributed by atoms with E-state index in [9.17, 15) is 13.2 Å². The Morgan fingerprint density at radius 2 is 1.82 bits per heavy atom. The van der Waals surface area contributed by atoms with Gasteiger partial charge in [0.25, 0.3) is 10.2 Å². The first kappa shape index (κ1) is 15.5. The molecule has 1 atom stereocenters. The lowest BCUT2D eigenvalue weighted by molar-refractivity contribution is -0.119. The SMILES string of the molecule is CC1C(=O)Nc2ccccc2CN1S(=O)(=O)N1CCCCC1. The average molecular weight is 323 g/mol. The van der Waals surface area contributed by atoms with Crippen LogP contribution in [0.15, 0.2) is 24.3 Å². The fourth-order valence-corrected chi connectivity index (χ4v) is 4.79. The number of para-hydroxylation sites is 1. The van der Waals surface area contributed by atoms with E-state index in [0.717, 1.165) is 24.8 Å². The van der Waals surface area contributed by atoms with Crippen LogP contribution in [-0.4, -0.2) is 42.1 Å². The maximum absolute atomic E-state index is 12.9. The molecule has 0 bridgehead atoms. The Morgan fingerprint density at radius 1 is 1.14 bits per heavy atom. The molecular weight excluding hydrogens is 302 g/mol. The third-order valence-electron chi connectivity index (χ3n) is 4.35. The third-order valence-corrected chi connectivity index (χ3v) is 6.41. The minimum Gasteiger partial charge on any atom is -0.324 e. The molecule has 1 amide bonds. The standard InChI is InChI=1S/C15H21N3O3S/c1-12-15(19)16-14-8-4-3-7-13(14)11-18(12)22(20,21)17-9-5-2-6-10-17/h3-4,7-8,12H,2,5-6,9-11H2,1H3,(H,16,19). The summed E-state index contributed by atoms with van der Waals surface area (Å²) in [6, 6.07) is 6.62. The number of rotatable bonds is 2. The van der Waals surface area contributed by atoms with E-state index in [0.29, 0.717) is 18.8 Å². The normalized spacial score (nSPS) is 24.4. The second-order valence-corrected chi connectivity index (χ2v) is 7.72. The summed E-state index contributed by atoms with van der Waals surface area (Å²) in [6.07, 6.45) is 2.82. The number of nitrogens with one attached hydrogen (secondary N) is 1. The molecule has 0 aromatic heterocycles. The molecular formula is C15H21N3O3S. The fourth-order valence-electron chi connectivity index (χ4n) is 2.98. The van der Waals surface area contributed by atoms with Crippen molar-refractivity contribution in [3.05, 3.63) is 29.8 Å². The first-order valence-electron chi connectivity index (χ1n) is 7.66. The maximum atomic E-state index is 12.9. The van der Waals surface area contributed by atoms with Crippen LogP contribution in [0.25, 0.3) is 0 Å². The molecule has 120 valence electrons. The average Bonchev–Trinajstić information content (AvgIpc) is 2.66. The highest BCUT2D eigenvalue weighted by molar-refractivity contribution is 7.86. The van der Waals surface area contributed by atoms with Crippen LogP contribution < -0.4 is 5.32 Å². The third kappa shape index (κ3) is 2.76. The smallest absolute Gasteiger partial charge is 0.283 e. The van der Waals surface area contributed by atoms with E-state index < -0.39 is 16.3 Å². The molecule has 2 aliphatic rings. The highest BCUT2D eigenvalue weighted by Crippen LogP contribution is 2.27. The predicted molar refractivity (Wildman–Crippen MR) is 84.4 cm³/mol. The molecule has 1 aromatic carbocycles. The molecule has 6 nitrogen and oxygen atoms in total. The number of anilines is 1. The summed E-state index contributed by atoms with van der Waals surface area (Å²) in [5, 5.41) is 2.81. The summed E-state index contributed by atoms with van der Waals surface area (Å²) in [5.74, 6) is -0.287. The number of fused-ring (bicyclic) bond motifs is 1. The predicted octanol–water partition coefficient (Wildman–Crippen LogP) is 1.56. The number of benzene rings is 1. The van der Waals surface area contributed by atoms with Gasteiger partial charge in [0.1, 0.15) is 6.04 Å². The van der Waals surface area contributed by atoms with Gasteiger partial charge in [0.05, 0.1) is 0 Å². The van der Waals surface area contributed by atoms with Gasteiger partial charge in [0, 0.05) is 25.3 Å². The molecule has 0 radical (unpaired) electrons. The number of nitrogens with zero attached hydrogens (tertiary/aromatic N) is 2. The van der Waals surface area contributed by atoms with Gasteiger partial charge >= 0.3 is 0 Å². The quantitative estimate of drug-likeness (QED) is 0.898. The van der Waals surface area contributed by atoms with Gasteiger partial charge in [-0.2, -0.15) is 17.0 Å². The summed E-state index contributed by atoms with van der Waals surface area (Å²) in [4.78, 5) is 12.3. The molecule has 2 heterocycles. The van der Waals surface area contributed by atoms with Crippen molar-refractivity contribution in [3.63, 3.8) is 0 Å². The van der Waals surface area contributed by atoms with Crippen LogP contribution in [0, 0.1) is 0 Å². The van der Waals surface area contributed by atoms with E-state index in [2.05, 4.69) is 5.32 Å². The van der Waals surface area contributed by atoms with Crippen LogP contribution in [0.4, 0.5) is 5.69 Å². The zero-order chi connectivity index (χ0) is 15.7. The number of amides is 1. The van der Waals surface area contributed by atoms with Crippen molar-refractivity contribution in [2.75, 3.05) is 18.4 Å². The number of hydrogen-bond donors (Lipinski definition) is 1. The van der Waals surface area contributed by atoms with Crippen molar-refractivity contribution in [1.82, 2.24) is 8.61 Å². The van der Waals surface area contributed by atoms with E-state index in [4.69, 9.17) is 0 Å². The molecule has 0 saturated carbocycles. The van der Waals surface area contributed by atoms with Gasteiger partial charge in [-0.25, -0.2) is 0 Å². The van der Waals surface area contributed by atoms with Crippen molar-refractivity contribution in [3.8, 4) is 0 Å². The Morgan fingerprint density at radius 3 is 2.55 bits per heavy atom. The molecule has 1 N–H and O–H groups in total.